The number of hydrogen-bond acceptors (Lipinski definition) is 2. The zero-order chi connectivity index (χ0) is 12.7. The third kappa shape index (κ3) is 4.30. The van der Waals surface area contributed by atoms with Crippen molar-refractivity contribution in [3.63, 3.8) is 0 Å². The summed E-state index contributed by atoms with van der Waals surface area (Å²) in [4.78, 5) is 14.5. The fraction of sp³-hybridized carbons (Fsp3) is 0.929. The summed E-state index contributed by atoms with van der Waals surface area (Å²) in [5.41, 5.74) is 0. The first-order valence-corrected chi connectivity index (χ1v) is 7.22. The van der Waals surface area contributed by atoms with Crippen LogP contribution in [0.25, 0.3) is 0 Å². The first kappa shape index (κ1) is 14.5. The molecule has 100 valence electrons. The van der Waals surface area contributed by atoms with E-state index in [1.54, 1.807) is 0 Å². The van der Waals surface area contributed by atoms with Crippen LogP contribution in [0.3, 0.4) is 0 Å². The van der Waals surface area contributed by atoms with Crippen molar-refractivity contribution in [2.24, 2.45) is 11.8 Å². The van der Waals surface area contributed by atoms with Gasteiger partial charge < -0.3 is 10.2 Å². The van der Waals surface area contributed by atoms with Crippen molar-refractivity contribution in [3.05, 3.63) is 0 Å². The molecular formula is C14H28N2O. The molecule has 1 rings (SSSR count). The molecule has 1 fully saturated rings. The zero-order valence-electron chi connectivity index (χ0n) is 11.7. The molecule has 1 N–H and O–H groups in total. The molecule has 0 spiro atoms. The minimum absolute atomic E-state index is 0.269. The summed E-state index contributed by atoms with van der Waals surface area (Å²) in [5, 5.41) is 3.32. The third-order valence-electron chi connectivity index (χ3n) is 4.02. The SMILES string of the molecule is CCC(CC)CN(CC)C(=O)C1CCNCC1. The monoisotopic (exact) mass is 240 g/mol. The molecule has 3 nitrogen and oxygen atoms in total. The molecule has 1 aliphatic heterocycles. The minimum Gasteiger partial charge on any atom is -0.342 e. The molecule has 1 heterocycles. The topological polar surface area (TPSA) is 32.3 Å². The van der Waals surface area contributed by atoms with Crippen LogP contribution in [0.4, 0.5) is 0 Å². The molecule has 0 aromatic heterocycles. The average Bonchev–Trinajstić information content (AvgIpc) is 2.40. The lowest BCUT2D eigenvalue weighted by Crippen LogP contribution is -2.42. The van der Waals surface area contributed by atoms with E-state index in [0.717, 1.165) is 39.0 Å². The molecule has 1 aliphatic rings. The van der Waals surface area contributed by atoms with Gasteiger partial charge in [0.05, 0.1) is 0 Å². The molecule has 0 radical (unpaired) electrons. The summed E-state index contributed by atoms with van der Waals surface area (Å²) >= 11 is 0. The molecule has 0 aromatic carbocycles. The van der Waals surface area contributed by atoms with Crippen LogP contribution in [0.1, 0.15) is 46.5 Å². The Labute approximate surface area is 106 Å². The lowest BCUT2D eigenvalue weighted by molar-refractivity contribution is -0.136. The van der Waals surface area contributed by atoms with E-state index in [-0.39, 0.29) is 5.92 Å². The summed E-state index contributed by atoms with van der Waals surface area (Å²) in [5.74, 6) is 1.33. The summed E-state index contributed by atoms with van der Waals surface area (Å²) in [6, 6.07) is 0. The van der Waals surface area contributed by atoms with Crippen molar-refractivity contribution in [1.29, 1.82) is 0 Å². The van der Waals surface area contributed by atoms with Gasteiger partial charge in [-0.15, -0.1) is 0 Å². The summed E-state index contributed by atoms with van der Waals surface area (Å²) < 4.78 is 0. The van der Waals surface area contributed by atoms with Gasteiger partial charge in [-0.25, -0.2) is 0 Å². The maximum atomic E-state index is 12.4. The highest BCUT2D eigenvalue weighted by Crippen LogP contribution is 2.17. The smallest absolute Gasteiger partial charge is 0.225 e. The van der Waals surface area contributed by atoms with Crippen molar-refractivity contribution >= 4 is 5.91 Å². The number of piperidine rings is 1. The van der Waals surface area contributed by atoms with Crippen molar-refractivity contribution in [2.45, 2.75) is 46.5 Å². The van der Waals surface area contributed by atoms with Crippen LogP contribution in [-0.2, 0) is 4.79 Å². The fourth-order valence-corrected chi connectivity index (χ4v) is 2.56. The third-order valence-corrected chi connectivity index (χ3v) is 4.02. The van der Waals surface area contributed by atoms with Crippen LogP contribution in [0.2, 0.25) is 0 Å². The molecule has 1 saturated heterocycles. The Morgan fingerprint density at radius 1 is 1.24 bits per heavy atom. The van der Waals surface area contributed by atoms with Gasteiger partial charge in [0.2, 0.25) is 5.91 Å². The van der Waals surface area contributed by atoms with E-state index in [9.17, 15) is 4.79 Å². The second-order valence-electron chi connectivity index (χ2n) is 5.08. The molecule has 1 amide bonds. The lowest BCUT2D eigenvalue weighted by atomic mass is 9.95. The normalized spacial score (nSPS) is 17.4. The quantitative estimate of drug-likeness (QED) is 0.772. The number of hydrogen-bond donors (Lipinski definition) is 1. The Kier molecular flexibility index (Phi) is 6.56. The van der Waals surface area contributed by atoms with E-state index in [4.69, 9.17) is 0 Å². The minimum atomic E-state index is 0.269. The van der Waals surface area contributed by atoms with E-state index in [1.165, 1.54) is 12.8 Å². The van der Waals surface area contributed by atoms with Crippen LogP contribution >= 0.6 is 0 Å². The molecule has 0 saturated carbocycles. The van der Waals surface area contributed by atoms with E-state index in [2.05, 4.69) is 31.0 Å². The molecule has 0 unspecified atom stereocenters. The number of carbonyl (C=O) groups is 1. The predicted octanol–water partition coefficient (Wildman–Crippen LogP) is 2.27. The molecule has 3 heteroatoms. The Morgan fingerprint density at radius 2 is 1.82 bits per heavy atom. The standard InChI is InChI=1S/C14H28N2O/c1-4-12(5-2)11-16(6-3)14(17)13-7-9-15-10-8-13/h12-13,15H,4-11H2,1-3H3. The van der Waals surface area contributed by atoms with Crippen LogP contribution in [-0.4, -0.2) is 37.0 Å². The van der Waals surface area contributed by atoms with Crippen LogP contribution in [0, 0.1) is 11.8 Å². The first-order chi connectivity index (χ1) is 8.22. The Bertz CT molecular complexity index is 220. The van der Waals surface area contributed by atoms with Gasteiger partial charge in [-0.3, -0.25) is 4.79 Å². The maximum absolute atomic E-state index is 12.4. The number of carbonyl (C=O) groups excluding carboxylic acids is 1. The Balaban J connectivity index is 2.50. The highest BCUT2D eigenvalue weighted by atomic mass is 16.2. The summed E-state index contributed by atoms with van der Waals surface area (Å²) in [6.07, 6.45) is 4.37. The van der Waals surface area contributed by atoms with Gasteiger partial charge >= 0.3 is 0 Å². The predicted molar refractivity (Wildman–Crippen MR) is 71.9 cm³/mol. The maximum Gasteiger partial charge on any atom is 0.225 e. The van der Waals surface area contributed by atoms with Gasteiger partial charge in [-0.2, -0.15) is 0 Å². The molecule has 17 heavy (non-hydrogen) atoms. The van der Waals surface area contributed by atoms with Crippen molar-refractivity contribution in [3.8, 4) is 0 Å². The summed E-state index contributed by atoms with van der Waals surface area (Å²) in [7, 11) is 0. The van der Waals surface area contributed by atoms with E-state index >= 15 is 0 Å². The lowest BCUT2D eigenvalue weighted by Gasteiger charge is -2.31. The highest BCUT2D eigenvalue weighted by molar-refractivity contribution is 5.79. The molecule has 0 aliphatic carbocycles. The van der Waals surface area contributed by atoms with Crippen molar-refractivity contribution in [2.75, 3.05) is 26.2 Å². The highest BCUT2D eigenvalue weighted by Gasteiger charge is 2.25. The first-order valence-electron chi connectivity index (χ1n) is 7.22. The molecular weight excluding hydrogens is 212 g/mol. The van der Waals surface area contributed by atoms with Gasteiger partial charge in [0.1, 0.15) is 0 Å². The fourth-order valence-electron chi connectivity index (χ4n) is 2.56. The number of nitrogens with zero attached hydrogens (tertiary/aromatic N) is 1. The number of amides is 1. The van der Waals surface area contributed by atoms with E-state index < -0.39 is 0 Å². The van der Waals surface area contributed by atoms with Gasteiger partial charge in [-0.05, 0) is 38.8 Å². The number of nitrogens with one attached hydrogen (secondary N) is 1. The van der Waals surface area contributed by atoms with Crippen LogP contribution in [0.5, 0.6) is 0 Å². The molecule has 0 atom stereocenters. The van der Waals surface area contributed by atoms with Crippen LogP contribution < -0.4 is 5.32 Å². The van der Waals surface area contributed by atoms with Gasteiger partial charge in [0, 0.05) is 19.0 Å². The average molecular weight is 240 g/mol. The summed E-state index contributed by atoms with van der Waals surface area (Å²) in [6.45, 7) is 10.3. The van der Waals surface area contributed by atoms with Gasteiger partial charge in [0.25, 0.3) is 0 Å². The van der Waals surface area contributed by atoms with E-state index in [1.807, 2.05) is 0 Å². The Morgan fingerprint density at radius 3 is 2.29 bits per heavy atom. The zero-order valence-corrected chi connectivity index (χ0v) is 11.7. The van der Waals surface area contributed by atoms with Gasteiger partial charge in [-0.1, -0.05) is 26.7 Å². The second-order valence-corrected chi connectivity index (χ2v) is 5.08. The second kappa shape index (κ2) is 7.70. The molecule has 0 aromatic rings. The largest absolute Gasteiger partial charge is 0.342 e. The molecule has 0 bridgehead atoms. The van der Waals surface area contributed by atoms with Crippen molar-refractivity contribution < 1.29 is 4.79 Å². The van der Waals surface area contributed by atoms with Crippen molar-refractivity contribution in [1.82, 2.24) is 10.2 Å². The number of rotatable bonds is 6. The van der Waals surface area contributed by atoms with E-state index in [0.29, 0.717) is 11.8 Å². The van der Waals surface area contributed by atoms with Crippen LogP contribution in [0.15, 0.2) is 0 Å². The van der Waals surface area contributed by atoms with Gasteiger partial charge in [0.15, 0.2) is 0 Å². The Hall–Kier alpha value is -0.570.